The van der Waals surface area contributed by atoms with Crippen molar-refractivity contribution >= 4 is 0 Å². The van der Waals surface area contributed by atoms with Gasteiger partial charge >= 0.3 is 12.4 Å². The standard InChI is InChI=1S/C31H32F6O4/c1-20-7-5-6-10-26(20)28-27(19-39-17-21-8-3-2-4-9-21)23(16-38)18-41-29(28)40-12-11-22-13-24(30(32,33)34)15-25(14-22)31(35,36)37/h2-10,13-15,23,27-29,38H,11-12,16-19H2,1H3/t23-,27+,28-,29?/m0/s1. The highest BCUT2D eigenvalue weighted by molar-refractivity contribution is 5.34. The Morgan fingerprint density at radius 2 is 1.49 bits per heavy atom. The molecule has 1 fully saturated rings. The molecular weight excluding hydrogens is 550 g/mol. The van der Waals surface area contributed by atoms with Gasteiger partial charge in [0.1, 0.15) is 0 Å². The van der Waals surface area contributed by atoms with Crippen LogP contribution in [-0.4, -0.2) is 37.8 Å². The summed E-state index contributed by atoms with van der Waals surface area (Å²) in [5.41, 5.74) is -0.0339. The minimum absolute atomic E-state index is 0.109. The van der Waals surface area contributed by atoms with Crippen LogP contribution in [0, 0.1) is 18.8 Å². The number of hydrogen-bond acceptors (Lipinski definition) is 4. The van der Waals surface area contributed by atoms with Gasteiger partial charge in [0.2, 0.25) is 0 Å². The van der Waals surface area contributed by atoms with Gasteiger partial charge in [-0.1, -0.05) is 54.6 Å². The summed E-state index contributed by atoms with van der Waals surface area (Å²) in [7, 11) is 0. The van der Waals surface area contributed by atoms with Gasteiger partial charge in [0, 0.05) is 24.4 Å². The van der Waals surface area contributed by atoms with Gasteiger partial charge in [0.05, 0.1) is 37.6 Å². The van der Waals surface area contributed by atoms with Gasteiger partial charge in [-0.15, -0.1) is 0 Å². The van der Waals surface area contributed by atoms with E-state index in [1.54, 1.807) is 0 Å². The van der Waals surface area contributed by atoms with E-state index in [-0.39, 0.29) is 56.3 Å². The second-order valence-corrected chi connectivity index (χ2v) is 10.2. The average Bonchev–Trinajstić information content (AvgIpc) is 2.93. The molecule has 0 spiro atoms. The van der Waals surface area contributed by atoms with E-state index in [1.807, 2.05) is 61.5 Å². The number of aliphatic hydroxyl groups is 1. The van der Waals surface area contributed by atoms with E-state index in [0.717, 1.165) is 16.7 Å². The minimum Gasteiger partial charge on any atom is -0.396 e. The van der Waals surface area contributed by atoms with E-state index in [1.165, 1.54) is 0 Å². The fourth-order valence-corrected chi connectivity index (χ4v) is 5.20. The summed E-state index contributed by atoms with van der Waals surface area (Å²) in [6.07, 6.45) is -10.9. The van der Waals surface area contributed by atoms with Crippen LogP contribution in [0.4, 0.5) is 26.3 Å². The summed E-state index contributed by atoms with van der Waals surface area (Å²) in [6, 6.07) is 18.7. The maximum atomic E-state index is 13.3. The van der Waals surface area contributed by atoms with Crippen molar-refractivity contribution in [1.82, 2.24) is 0 Å². The van der Waals surface area contributed by atoms with Crippen LogP contribution in [0.1, 0.15) is 39.3 Å². The Morgan fingerprint density at radius 3 is 2.10 bits per heavy atom. The first-order valence-corrected chi connectivity index (χ1v) is 13.3. The van der Waals surface area contributed by atoms with Crippen molar-refractivity contribution in [2.45, 2.75) is 44.5 Å². The Bertz CT molecular complexity index is 1230. The van der Waals surface area contributed by atoms with Crippen LogP contribution in [0.2, 0.25) is 0 Å². The Hall–Kier alpha value is -2.92. The van der Waals surface area contributed by atoms with Crippen molar-refractivity contribution in [2.24, 2.45) is 11.8 Å². The largest absolute Gasteiger partial charge is 0.416 e. The molecule has 1 aliphatic rings. The predicted octanol–water partition coefficient (Wildman–Crippen LogP) is 7.17. The van der Waals surface area contributed by atoms with Gasteiger partial charge in [-0.2, -0.15) is 26.3 Å². The summed E-state index contributed by atoms with van der Waals surface area (Å²) in [4.78, 5) is 0. The lowest BCUT2D eigenvalue weighted by Crippen LogP contribution is -2.45. The molecule has 0 aliphatic carbocycles. The molecule has 222 valence electrons. The molecule has 1 heterocycles. The molecule has 4 atom stereocenters. The summed E-state index contributed by atoms with van der Waals surface area (Å²) in [6.45, 7) is 2.40. The second kappa shape index (κ2) is 13.4. The molecular formula is C31H32F6O4. The third-order valence-corrected chi connectivity index (χ3v) is 7.36. The Labute approximate surface area is 234 Å². The van der Waals surface area contributed by atoms with E-state index < -0.39 is 35.7 Å². The van der Waals surface area contributed by atoms with E-state index in [2.05, 4.69) is 0 Å². The van der Waals surface area contributed by atoms with Gasteiger partial charge in [0.25, 0.3) is 0 Å². The molecule has 1 N–H and O–H groups in total. The molecule has 1 aliphatic heterocycles. The van der Waals surface area contributed by atoms with Crippen molar-refractivity contribution in [3.05, 3.63) is 106 Å². The normalized spacial score (nSPS) is 21.7. The first kappa shape index (κ1) is 31.0. The highest BCUT2D eigenvalue weighted by Gasteiger charge is 2.42. The van der Waals surface area contributed by atoms with Crippen molar-refractivity contribution in [1.29, 1.82) is 0 Å². The van der Waals surface area contributed by atoms with Crippen LogP contribution in [0.3, 0.4) is 0 Å². The number of hydrogen-bond donors (Lipinski definition) is 1. The SMILES string of the molecule is Cc1ccccc1[C@@H]1C(OCCc2cc(C(F)(F)F)cc(C(F)(F)F)c2)OC[C@H](CO)[C@H]1COCc1ccccc1. The maximum absolute atomic E-state index is 13.3. The molecule has 0 bridgehead atoms. The van der Waals surface area contributed by atoms with Crippen molar-refractivity contribution in [2.75, 3.05) is 26.4 Å². The average molecular weight is 583 g/mol. The Kier molecular flexibility index (Phi) is 10.1. The van der Waals surface area contributed by atoms with E-state index in [0.29, 0.717) is 18.7 Å². The minimum atomic E-state index is -4.93. The number of ether oxygens (including phenoxy) is 3. The third-order valence-electron chi connectivity index (χ3n) is 7.36. The molecule has 1 saturated heterocycles. The summed E-state index contributed by atoms with van der Waals surface area (Å²) in [5.74, 6) is -0.896. The smallest absolute Gasteiger partial charge is 0.396 e. The van der Waals surface area contributed by atoms with Gasteiger partial charge in [-0.25, -0.2) is 0 Å². The molecule has 0 radical (unpaired) electrons. The van der Waals surface area contributed by atoms with Crippen LogP contribution < -0.4 is 0 Å². The number of aliphatic hydroxyl groups excluding tert-OH is 1. The molecule has 0 amide bonds. The number of rotatable bonds is 10. The molecule has 0 aromatic heterocycles. The van der Waals surface area contributed by atoms with Crippen molar-refractivity contribution in [3.63, 3.8) is 0 Å². The summed E-state index contributed by atoms with van der Waals surface area (Å²) in [5, 5.41) is 10.1. The highest BCUT2D eigenvalue weighted by Crippen LogP contribution is 2.41. The number of aryl methyl sites for hydroxylation is 1. The zero-order valence-corrected chi connectivity index (χ0v) is 22.4. The summed E-state index contributed by atoms with van der Waals surface area (Å²) < 4.78 is 97.9. The quantitative estimate of drug-likeness (QED) is 0.258. The van der Waals surface area contributed by atoms with Gasteiger partial charge in [-0.05, 0) is 53.8 Å². The number of alkyl halides is 6. The molecule has 4 nitrogen and oxygen atoms in total. The topological polar surface area (TPSA) is 47.9 Å². The molecule has 0 saturated carbocycles. The van der Waals surface area contributed by atoms with Crippen LogP contribution in [-0.2, 0) is 39.6 Å². The molecule has 3 aromatic carbocycles. The lowest BCUT2D eigenvalue weighted by molar-refractivity contribution is -0.213. The van der Waals surface area contributed by atoms with E-state index >= 15 is 0 Å². The van der Waals surface area contributed by atoms with Crippen molar-refractivity contribution in [3.8, 4) is 0 Å². The predicted molar refractivity (Wildman–Crippen MR) is 140 cm³/mol. The van der Waals surface area contributed by atoms with Crippen LogP contribution >= 0.6 is 0 Å². The second-order valence-electron chi connectivity index (χ2n) is 10.2. The van der Waals surface area contributed by atoms with Crippen molar-refractivity contribution < 1.29 is 45.7 Å². The van der Waals surface area contributed by atoms with Gasteiger partial charge in [-0.3, -0.25) is 0 Å². The monoisotopic (exact) mass is 582 g/mol. The first-order chi connectivity index (χ1) is 19.5. The highest BCUT2D eigenvalue weighted by atomic mass is 19.4. The van der Waals surface area contributed by atoms with Gasteiger partial charge < -0.3 is 19.3 Å². The first-order valence-electron chi connectivity index (χ1n) is 13.3. The van der Waals surface area contributed by atoms with Crippen LogP contribution in [0.15, 0.2) is 72.8 Å². The molecule has 41 heavy (non-hydrogen) atoms. The number of benzene rings is 3. The summed E-state index contributed by atoms with van der Waals surface area (Å²) >= 11 is 0. The molecule has 1 unspecified atom stereocenters. The fraction of sp³-hybridized carbons (Fsp3) is 0.419. The van der Waals surface area contributed by atoms with Gasteiger partial charge in [0.15, 0.2) is 6.29 Å². The van der Waals surface area contributed by atoms with Crippen LogP contribution in [0.25, 0.3) is 0 Å². The molecule has 10 heteroatoms. The Balaban J connectivity index is 1.54. The van der Waals surface area contributed by atoms with E-state index in [4.69, 9.17) is 14.2 Å². The lowest BCUT2D eigenvalue weighted by atomic mass is 9.75. The zero-order valence-electron chi connectivity index (χ0n) is 22.4. The lowest BCUT2D eigenvalue weighted by Gasteiger charge is -2.43. The molecule has 3 aromatic rings. The van der Waals surface area contributed by atoms with E-state index in [9.17, 15) is 31.4 Å². The third kappa shape index (κ3) is 8.09. The maximum Gasteiger partial charge on any atom is 0.416 e. The molecule has 4 rings (SSSR count). The zero-order chi connectivity index (χ0) is 29.6. The number of halogens is 6. The van der Waals surface area contributed by atoms with Crippen LogP contribution in [0.5, 0.6) is 0 Å². The Morgan fingerprint density at radius 1 is 0.854 bits per heavy atom. The fourth-order valence-electron chi connectivity index (χ4n) is 5.20.